The van der Waals surface area contributed by atoms with Crippen LogP contribution in [0.2, 0.25) is 0 Å². The number of likely N-dealkylation sites (tertiary alicyclic amines) is 1. The Morgan fingerprint density at radius 1 is 1.35 bits per heavy atom. The number of rotatable bonds is 1. The van der Waals surface area contributed by atoms with Gasteiger partial charge in [0.15, 0.2) is 0 Å². The summed E-state index contributed by atoms with van der Waals surface area (Å²) in [6, 6.07) is 9.47. The van der Waals surface area contributed by atoms with Gasteiger partial charge >= 0.3 is 0 Å². The molecule has 1 aromatic rings. The van der Waals surface area contributed by atoms with Crippen LogP contribution >= 0.6 is 0 Å². The molecule has 1 unspecified atom stereocenters. The third-order valence-corrected chi connectivity index (χ3v) is 3.75. The molecule has 0 aromatic heterocycles. The maximum absolute atomic E-state index is 12.2. The van der Waals surface area contributed by atoms with Crippen LogP contribution in [0.1, 0.15) is 30.6 Å². The van der Waals surface area contributed by atoms with Crippen LogP contribution in [0.15, 0.2) is 30.3 Å². The lowest BCUT2D eigenvalue weighted by molar-refractivity contribution is 0.0575. The number of amides is 1. The van der Waals surface area contributed by atoms with E-state index < -0.39 is 0 Å². The number of benzene rings is 1. The zero-order valence-corrected chi connectivity index (χ0v) is 10.5. The van der Waals surface area contributed by atoms with Gasteiger partial charge in [0.25, 0.3) is 5.91 Å². The number of nitrogens with zero attached hydrogens (tertiary/aromatic N) is 1. The van der Waals surface area contributed by atoms with Crippen LogP contribution in [0.3, 0.4) is 0 Å². The van der Waals surface area contributed by atoms with Crippen LogP contribution in [0, 0.1) is 5.41 Å². The smallest absolute Gasteiger partial charge is 0.253 e. The highest BCUT2D eigenvalue weighted by Crippen LogP contribution is 2.29. The Kier molecular flexibility index (Phi) is 3.20. The van der Waals surface area contributed by atoms with Gasteiger partial charge in [0.05, 0.1) is 0 Å². The quantitative estimate of drug-likeness (QED) is 0.803. The molecular formula is C14H20N2O. The summed E-state index contributed by atoms with van der Waals surface area (Å²) in [5, 5.41) is 0. The van der Waals surface area contributed by atoms with Crippen molar-refractivity contribution in [1.29, 1.82) is 0 Å². The highest BCUT2D eigenvalue weighted by atomic mass is 16.2. The molecule has 1 saturated heterocycles. The summed E-state index contributed by atoms with van der Waals surface area (Å²) >= 11 is 0. The predicted molar refractivity (Wildman–Crippen MR) is 68.7 cm³/mol. The van der Waals surface area contributed by atoms with Crippen molar-refractivity contribution >= 4 is 5.91 Å². The van der Waals surface area contributed by atoms with E-state index in [4.69, 9.17) is 5.73 Å². The van der Waals surface area contributed by atoms with E-state index in [9.17, 15) is 4.79 Å². The lowest BCUT2D eigenvalue weighted by atomic mass is 9.78. The number of hydrogen-bond acceptors (Lipinski definition) is 2. The van der Waals surface area contributed by atoms with E-state index in [0.717, 1.165) is 18.5 Å². The summed E-state index contributed by atoms with van der Waals surface area (Å²) in [7, 11) is 0. The van der Waals surface area contributed by atoms with E-state index >= 15 is 0 Å². The van der Waals surface area contributed by atoms with Crippen molar-refractivity contribution in [3.05, 3.63) is 35.9 Å². The second-order valence-electron chi connectivity index (χ2n) is 5.46. The van der Waals surface area contributed by atoms with E-state index in [1.807, 2.05) is 35.2 Å². The largest absolute Gasteiger partial charge is 0.337 e. The summed E-state index contributed by atoms with van der Waals surface area (Å²) < 4.78 is 0. The molecule has 17 heavy (non-hydrogen) atoms. The first-order chi connectivity index (χ1) is 8.00. The molecule has 0 aliphatic carbocycles. The molecule has 0 spiro atoms. The standard InChI is InChI=1S/C14H20N2O/c1-14(2)8-9-16(10-12(14)15)13(17)11-6-4-3-5-7-11/h3-7,12H,8-10,15H2,1-2H3. The zero-order chi connectivity index (χ0) is 12.5. The summed E-state index contributed by atoms with van der Waals surface area (Å²) in [6.45, 7) is 5.79. The average Bonchev–Trinajstić information content (AvgIpc) is 2.33. The maximum atomic E-state index is 12.2. The minimum Gasteiger partial charge on any atom is -0.337 e. The van der Waals surface area contributed by atoms with Gasteiger partial charge in [-0.25, -0.2) is 0 Å². The monoisotopic (exact) mass is 232 g/mol. The number of carbonyl (C=O) groups excluding carboxylic acids is 1. The SMILES string of the molecule is CC1(C)CCN(C(=O)c2ccccc2)CC1N. The Balaban J connectivity index is 2.08. The van der Waals surface area contributed by atoms with Gasteiger partial charge in [0, 0.05) is 24.7 Å². The molecule has 1 amide bonds. The van der Waals surface area contributed by atoms with E-state index in [-0.39, 0.29) is 17.4 Å². The molecule has 1 aliphatic rings. The van der Waals surface area contributed by atoms with E-state index in [0.29, 0.717) is 6.54 Å². The Morgan fingerprint density at radius 3 is 2.59 bits per heavy atom. The number of carbonyl (C=O) groups is 1. The van der Waals surface area contributed by atoms with Crippen molar-refractivity contribution in [2.24, 2.45) is 11.1 Å². The second kappa shape index (κ2) is 4.49. The van der Waals surface area contributed by atoms with Crippen molar-refractivity contribution in [1.82, 2.24) is 4.90 Å². The molecule has 1 heterocycles. The first kappa shape index (κ1) is 12.1. The minimum absolute atomic E-state index is 0.0592. The van der Waals surface area contributed by atoms with Gasteiger partial charge in [-0.15, -0.1) is 0 Å². The third kappa shape index (κ3) is 2.50. The Morgan fingerprint density at radius 2 is 2.00 bits per heavy atom. The molecular weight excluding hydrogens is 212 g/mol. The molecule has 0 bridgehead atoms. The van der Waals surface area contributed by atoms with Crippen LogP contribution in [0.5, 0.6) is 0 Å². The van der Waals surface area contributed by atoms with Crippen molar-refractivity contribution < 1.29 is 4.79 Å². The maximum Gasteiger partial charge on any atom is 0.253 e. The summed E-state index contributed by atoms with van der Waals surface area (Å²) in [6.07, 6.45) is 0.965. The summed E-state index contributed by atoms with van der Waals surface area (Å²) in [5.41, 5.74) is 7.01. The van der Waals surface area contributed by atoms with Crippen LogP contribution in [-0.4, -0.2) is 29.9 Å². The molecule has 1 aliphatic heterocycles. The van der Waals surface area contributed by atoms with Crippen molar-refractivity contribution in [2.75, 3.05) is 13.1 Å². The van der Waals surface area contributed by atoms with Gasteiger partial charge in [0.2, 0.25) is 0 Å². The van der Waals surface area contributed by atoms with Gasteiger partial charge in [-0.3, -0.25) is 4.79 Å². The fourth-order valence-corrected chi connectivity index (χ4v) is 2.13. The molecule has 1 fully saturated rings. The molecule has 3 nitrogen and oxygen atoms in total. The topological polar surface area (TPSA) is 46.3 Å². The Hall–Kier alpha value is -1.35. The Labute approximate surface area is 103 Å². The molecule has 1 atom stereocenters. The predicted octanol–water partition coefficient (Wildman–Crippen LogP) is 1.89. The molecule has 0 radical (unpaired) electrons. The zero-order valence-electron chi connectivity index (χ0n) is 10.5. The van der Waals surface area contributed by atoms with E-state index in [1.165, 1.54) is 0 Å². The second-order valence-corrected chi connectivity index (χ2v) is 5.46. The number of piperidine rings is 1. The van der Waals surface area contributed by atoms with Gasteiger partial charge in [-0.2, -0.15) is 0 Å². The fourth-order valence-electron chi connectivity index (χ4n) is 2.13. The number of nitrogens with two attached hydrogens (primary N) is 1. The van der Waals surface area contributed by atoms with Crippen molar-refractivity contribution in [2.45, 2.75) is 26.3 Å². The highest BCUT2D eigenvalue weighted by Gasteiger charge is 2.34. The first-order valence-corrected chi connectivity index (χ1v) is 6.10. The van der Waals surface area contributed by atoms with Gasteiger partial charge in [0.1, 0.15) is 0 Å². The van der Waals surface area contributed by atoms with Gasteiger partial charge in [-0.1, -0.05) is 32.0 Å². The van der Waals surface area contributed by atoms with Gasteiger partial charge < -0.3 is 10.6 Å². The molecule has 3 heteroatoms. The van der Waals surface area contributed by atoms with Crippen molar-refractivity contribution in [3.63, 3.8) is 0 Å². The van der Waals surface area contributed by atoms with Gasteiger partial charge in [-0.05, 0) is 24.0 Å². The lowest BCUT2D eigenvalue weighted by Crippen LogP contribution is -2.54. The normalized spacial score (nSPS) is 23.5. The first-order valence-electron chi connectivity index (χ1n) is 6.10. The summed E-state index contributed by atoms with van der Waals surface area (Å²) in [4.78, 5) is 14.1. The van der Waals surface area contributed by atoms with Crippen LogP contribution in [-0.2, 0) is 0 Å². The minimum atomic E-state index is 0.0592. The highest BCUT2D eigenvalue weighted by molar-refractivity contribution is 5.94. The van der Waals surface area contributed by atoms with Crippen LogP contribution in [0.4, 0.5) is 0 Å². The van der Waals surface area contributed by atoms with E-state index in [1.54, 1.807) is 0 Å². The molecule has 0 saturated carbocycles. The third-order valence-electron chi connectivity index (χ3n) is 3.75. The number of hydrogen-bond donors (Lipinski definition) is 1. The molecule has 2 rings (SSSR count). The van der Waals surface area contributed by atoms with E-state index in [2.05, 4.69) is 13.8 Å². The Bertz CT molecular complexity index is 400. The average molecular weight is 232 g/mol. The molecule has 1 aromatic carbocycles. The fraction of sp³-hybridized carbons (Fsp3) is 0.500. The lowest BCUT2D eigenvalue weighted by Gasteiger charge is -2.42. The molecule has 2 N–H and O–H groups in total. The summed E-state index contributed by atoms with van der Waals surface area (Å²) in [5.74, 6) is 0.0940. The van der Waals surface area contributed by atoms with Crippen LogP contribution in [0.25, 0.3) is 0 Å². The molecule has 92 valence electrons. The van der Waals surface area contributed by atoms with Crippen LogP contribution < -0.4 is 5.73 Å². The van der Waals surface area contributed by atoms with Crippen molar-refractivity contribution in [3.8, 4) is 0 Å².